The van der Waals surface area contributed by atoms with Crippen molar-refractivity contribution in [1.82, 2.24) is 9.97 Å². The average molecular weight is 230 g/mol. The lowest BCUT2D eigenvalue weighted by atomic mass is 10.3. The molecule has 4 nitrogen and oxygen atoms in total. The summed E-state index contributed by atoms with van der Waals surface area (Å²) in [6.07, 6.45) is 2.49. The van der Waals surface area contributed by atoms with Crippen LogP contribution in [-0.4, -0.2) is 16.5 Å². The van der Waals surface area contributed by atoms with Crippen LogP contribution in [0.2, 0.25) is 0 Å². The Bertz CT molecular complexity index is 487. The quantitative estimate of drug-likeness (QED) is 0.873. The van der Waals surface area contributed by atoms with Gasteiger partial charge in [-0.15, -0.1) is 11.3 Å². The van der Waals surface area contributed by atoms with E-state index in [0.717, 1.165) is 24.5 Å². The molecule has 0 fully saturated rings. The summed E-state index contributed by atoms with van der Waals surface area (Å²) >= 11 is 1.59. The predicted octanol–water partition coefficient (Wildman–Crippen LogP) is 2.06. The molecule has 2 rings (SSSR count). The van der Waals surface area contributed by atoms with Gasteiger partial charge in [-0.25, -0.2) is 9.97 Å². The highest BCUT2D eigenvalue weighted by atomic mass is 32.1. The third-order valence-corrected chi connectivity index (χ3v) is 2.70. The van der Waals surface area contributed by atoms with Crippen LogP contribution in [-0.2, 0) is 6.42 Å². The van der Waals surface area contributed by atoms with Crippen LogP contribution in [0.4, 0.5) is 5.82 Å². The second-order valence-electron chi connectivity index (χ2n) is 3.20. The van der Waals surface area contributed by atoms with Crippen molar-refractivity contribution in [3.05, 3.63) is 40.5 Å². The summed E-state index contributed by atoms with van der Waals surface area (Å²) < 4.78 is 0. The normalized spacial score (nSPS) is 9.69. The van der Waals surface area contributed by atoms with Gasteiger partial charge in [0, 0.05) is 24.5 Å². The Hall–Kier alpha value is -1.93. The minimum absolute atomic E-state index is 0.617. The van der Waals surface area contributed by atoms with Crippen molar-refractivity contribution in [2.75, 3.05) is 11.9 Å². The van der Waals surface area contributed by atoms with Gasteiger partial charge >= 0.3 is 0 Å². The molecule has 0 aliphatic rings. The van der Waals surface area contributed by atoms with Crippen LogP contribution in [0.3, 0.4) is 0 Å². The zero-order valence-corrected chi connectivity index (χ0v) is 9.37. The Balaban J connectivity index is 1.88. The first-order chi connectivity index (χ1) is 7.88. The first-order valence-corrected chi connectivity index (χ1v) is 5.80. The van der Waals surface area contributed by atoms with Crippen LogP contribution in [0.25, 0.3) is 0 Å². The second kappa shape index (κ2) is 5.24. The number of rotatable bonds is 4. The summed E-state index contributed by atoms with van der Waals surface area (Å²) in [6.45, 7) is 0.769. The first-order valence-electron chi connectivity index (χ1n) is 4.85. The van der Waals surface area contributed by atoms with Gasteiger partial charge in [-0.05, 0) is 12.1 Å². The molecule has 5 heteroatoms. The summed E-state index contributed by atoms with van der Waals surface area (Å²) in [6, 6.07) is 5.50. The molecule has 2 aromatic heterocycles. The van der Waals surface area contributed by atoms with E-state index in [4.69, 9.17) is 5.26 Å². The molecule has 0 aromatic carbocycles. The minimum atomic E-state index is 0.617. The maximum Gasteiger partial charge on any atom is 0.127 e. The fourth-order valence-corrected chi connectivity index (χ4v) is 1.87. The molecule has 0 radical (unpaired) electrons. The molecule has 16 heavy (non-hydrogen) atoms. The van der Waals surface area contributed by atoms with Gasteiger partial charge in [0.25, 0.3) is 0 Å². The second-order valence-corrected chi connectivity index (χ2v) is 3.92. The molecule has 0 spiro atoms. The monoisotopic (exact) mass is 230 g/mol. The summed E-state index contributed by atoms with van der Waals surface area (Å²) in [4.78, 5) is 8.31. The number of hydrogen-bond donors (Lipinski definition) is 1. The van der Waals surface area contributed by atoms with E-state index < -0.39 is 0 Å². The minimum Gasteiger partial charge on any atom is -0.370 e. The van der Waals surface area contributed by atoms with Crippen LogP contribution in [0.1, 0.15) is 11.3 Å². The summed E-state index contributed by atoms with van der Waals surface area (Å²) in [5.74, 6) is 0.731. The Morgan fingerprint density at radius 1 is 1.44 bits per heavy atom. The largest absolute Gasteiger partial charge is 0.370 e. The van der Waals surface area contributed by atoms with Gasteiger partial charge in [0.15, 0.2) is 0 Å². The van der Waals surface area contributed by atoms with Gasteiger partial charge < -0.3 is 5.32 Å². The summed E-state index contributed by atoms with van der Waals surface area (Å²) in [5.41, 5.74) is 3.52. The average Bonchev–Trinajstić information content (AvgIpc) is 2.82. The van der Waals surface area contributed by atoms with Gasteiger partial charge in [0.1, 0.15) is 5.82 Å². The van der Waals surface area contributed by atoms with E-state index in [0.29, 0.717) is 5.56 Å². The van der Waals surface area contributed by atoms with E-state index >= 15 is 0 Å². The van der Waals surface area contributed by atoms with Crippen molar-refractivity contribution in [3.63, 3.8) is 0 Å². The number of anilines is 1. The van der Waals surface area contributed by atoms with E-state index in [9.17, 15) is 0 Å². The highest BCUT2D eigenvalue weighted by molar-refractivity contribution is 7.07. The summed E-state index contributed by atoms with van der Waals surface area (Å²) in [7, 11) is 0. The molecular formula is C11H10N4S. The molecule has 0 atom stereocenters. The molecule has 0 aliphatic heterocycles. The topological polar surface area (TPSA) is 61.6 Å². The Morgan fingerprint density at radius 3 is 3.12 bits per heavy atom. The highest BCUT2D eigenvalue weighted by Gasteiger charge is 1.97. The van der Waals surface area contributed by atoms with Crippen LogP contribution in [0, 0.1) is 11.3 Å². The zero-order chi connectivity index (χ0) is 11.2. The molecule has 0 bridgehead atoms. The van der Waals surface area contributed by atoms with Crippen molar-refractivity contribution < 1.29 is 0 Å². The molecule has 2 aromatic rings. The lowest BCUT2D eigenvalue weighted by Crippen LogP contribution is -2.06. The molecule has 0 saturated heterocycles. The van der Waals surface area contributed by atoms with E-state index in [2.05, 4.69) is 21.4 Å². The molecule has 0 unspecified atom stereocenters. The Kier molecular flexibility index (Phi) is 3.46. The third kappa shape index (κ3) is 2.78. The summed E-state index contributed by atoms with van der Waals surface area (Å²) in [5, 5.41) is 13.9. The Morgan fingerprint density at radius 2 is 2.38 bits per heavy atom. The van der Waals surface area contributed by atoms with Gasteiger partial charge in [-0.2, -0.15) is 5.26 Å². The number of nitriles is 1. The van der Waals surface area contributed by atoms with Gasteiger partial charge in [-0.1, -0.05) is 0 Å². The fraction of sp³-hybridized carbons (Fsp3) is 0.182. The van der Waals surface area contributed by atoms with E-state index in [-0.39, 0.29) is 0 Å². The highest BCUT2D eigenvalue weighted by Crippen LogP contribution is 2.06. The number of nitrogens with one attached hydrogen (secondary N) is 1. The van der Waals surface area contributed by atoms with Gasteiger partial charge in [0.05, 0.1) is 22.8 Å². The van der Waals surface area contributed by atoms with Crippen molar-refractivity contribution in [2.24, 2.45) is 0 Å². The predicted molar refractivity (Wildman–Crippen MR) is 63.3 cm³/mol. The van der Waals surface area contributed by atoms with Crippen LogP contribution in [0.15, 0.2) is 29.2 Å². The lowest BCUT2D eigenvalue weighted by molar-refractivity contribution is 0.968. The van der Waals surface area contributed by atoms with Crippen LogP contribution >= 0.6 is 11.3 Å². The third-order valence-electron chi connectivity index (χ3n) is 2.06. The molecule has 0 saturated carbocycles. The van der Waals surface area contributed by atoms with Gasteiger partial charge in [-0.3, -0.25) is 0 Å². The first kappa shape index (κ1) is 10.6. The molecule has 2 heterocycles. The fourth-order valence-electron chi connectivity index (χ4n) is 1.28. The molecule has 0 amide bonds. The molecule has 0 aliphatic carbocycles. The van der Waals surface area contributed by atoms with Gasteiger partial charge in [0.2, 0.25) is 0 Å². The number of aromatic nitrogens is 2. The Labute approximate surface area is 97.6 Å². The number of thiazole rings is 1. The maximum absolute atomic E-state index is 8.72. The number of pyridine rings is 1. The molecule has 1 N–H and O–H groups in total. The molecular weight excluding hydrogens is 220 g/mol. The van der Waals surface area contributed by atoms with Crippen LogP contribution in [0.5, 0.6) is 0 Å². The van der Waals surface area contributed by atoms with E-state index in [1.807, 2.05) is 10.9 Å². The van der Waals surface area contributed by atoms with Crippen molar-refractivity contribution in [3.8, 4) is 6.07 Å². The standard InChI is InChI=1S/C11H10N4S/c12-6-9-1-3-13-11(5-9)14-4-2-10-7-16-8-15-10/h1,3,5,7-8H,2,4H2,(H,13,14). The van der Waals surface area contributed by atoms with Crippen molar-refractivity contribution in [1.29, 1.82) is 5.26 Å². The molecule has 80 valence electrons. The lowest BCUT2D eigenvalue weighted by Gasteiger charge is -2.03. The number of nitrogens with zero attached hydrogens (tertiary/aromatic N) is 3. The zero-order valence-electron chi connectivity index (χ0n) is 8.55. The van der Waals surface area contributed by atoms with E-state index in [1.54, 1.807) is 29.7 Å². The van der Waals surface area contributed by atoms with E-state index in [1.165, 1.54) is 0 Å². The SMILES string of the molecule is N#Cc1ccnc(NCCc2cscn2)c1. The number of hydrogen-bond acceptors (Lipinski definition) is 5. The smallest absolute Gasteiger partial charge is 0.127 e. The van der Waals surface area contributed by atoms with Crippen molar-refractivity contribution in [2.45, 2.75) is 6.42 Å². The maximum atomic E-state index is 8.72. The van der Waals surface area contributed by atoms with Crippen molar-refractivity contribution >= 4 is 17.2 Å². The van der Waals surface area contributed by atoms with Crippen LogP contribution < -0.4 is 5.32 Å².